The highest BCUT2D eigenvalue weighted by atomic mass is 32.2. The second-order valence-electron chi connectivity index (χ2n) is 7.19. The summed E-state index contributed by atoms with van der Waals surface area (Å²) in [5, 5.41) is 12.9. The summed E-state index contributed by atoms with van der Waals surface area (Å²) in [6.07, 6.45) is 2.22. The van der Waals surface area contributed by atoms with Crippen LogP contribution in [0, 0.1) is 5.82 Å². The Hall–Kier alpha value is -3.46. The molecule has 1 fully saturated rings. The van der Waals surface area contributed by atoms with Gasteiger partial charge in [0.25, 0.3) is 5.91 Å². The van der Waals surface area contributed by atoms with Gasteiger partial charge in [0.2, 0.25) is 5.91 Å². The summed E-state index contributed by atoms with van der Waals surface area (Å²) < 4.78 is 18.9. The fraction of sp³-hybridized carbons (Fsp3) is 0.217. The van der Waals surface area contributed by atoms with Crippen molar-refractivity contribution in [1.29, 1.82) is 0 Å². The number of carbonyl (C=O) groups is 2. The molecule has 2 N–H and O–H groups in total. The smallest absolute Gasteiger partial charge is 0.271 e. The van der Waals surface area contributed by atoms with Crippen molar-refractivity contribution < 1.29 is 18.7 Å². The molecular weight excluding hydrogens is 431 g/mol. The van der Waals surface area contributed by atoms with E-state index in [2.05, 4.69) is 20.8 Å². The van der Waals surface area contributed by atoms with Crippen LogP contribution in [-0.4, -0.2) is 40.4 Å². The minimum absolute atomic E-state index is 0.120. The van der Waals surface area contributed by atoms with Crippen LogP contribution in [-0.2, 0) is 4.79 Å². The maximum Gasteiger partial charge on any atom is 0.271 e. The van der Waals surface area contributed by atoms with Gasteiger partial charge in [0, 0.05) is 18.8 Å². The van der Waals surface area contributed by atoms with Crippen LogP contribution in [0.3, 0.4) is 0 Å². The molecule has 164 valence electrons. The number of halogens is 1. The number of ether oxygens (including phenoxy) is 1. The van der Waals surface area contributed by atoms with E-state index < -0.39 is 5.25 Å². The van der Waals surface area contributed by atoms with Crippen LogP contribution < -0.4 is 15.4 Å². The SMILES string of the molecule is O=C(NC[C@@H]1CCS[C@H](c2cccc(Oc3ccc(F)cc3)c2)C(=O)N1)c1cccnn1. The Morgan fingerprint density at radius 2 is 2.00 bits per heavy atom. The molecule has 32 heavy (non-hydrogen) atoms. The third-order valence-electron chi connectivity index (χ3n) is 4.86. The first-order valence-electron chi connectivity index (χ1n) is 10.1. The average molecular weight is 453 g/mol. The molecule has 0 spiro atoms. The lowest BCUT2D eigenvalue weighted by molar-refractivity contribution is -0.121. The molecular formula is C23H21FN4O3S. The van der Waals surface area contributed by atoms with E-state index in [0.717, 1.165) is 17.7 Å². The molecule has 9 heteroatoms. The quantitative estimate of drug-likeness (QED) is 0.595. The molecule has 1 aliphatic heterocycles. The number of rotatable bonds is 6. The molecule has 1 saturated heterocycles. The summed E-state index contributed by atoms with van der Waals surface area (Å²) in [7, 11) is 0. The number of hydrogen-bond acceptors (Lipinski definition) is 6. The lowest BCUT2D eigenvalue weighted by Gasteiger charge is -2.18. The number of hydrogen-bond donors (Lipinski definition) is 2. The topological polar surface area (TPSA) is 93.2 Å². The van der Waals surface area contributed by atoms with Crippen LogP contribution in [0.25, 0.3) is 0 Å². The lowest BCUT2D eigenvalue weighted by Crippen LogP contribution is -2.44. The van der Waals surface area contributed by atoms with Crippen LogP contribution in [0.5, 0.6) is 11.5 Å². The largest absolute Gasteiger partial charge is 0.457 e. The molecule has 3 aromatic rings. The van der Waals surface area contributed by atoms with Gasteiger partial charge < -0.3 is 15.4 Å². The van der Waals surface area contributed by atoms with E-state index in [1.54, 1.807) is 42.1 Å². The molecule has 2 amide bonds. The molecule has 2 atom stereocenters. The molecule has 1 aromatic heterocycles. The molecule has 0 bridgehead atoms. The highest BCUT2D eigenvalue weighted by molar-refractivity contribution is 8.00. The van der Waals surface area contributed by atoms with Gasteiger partial charge in [-0.1, -0.05) is 12.1 Å². The summed E-state index contributed by atoms with van der Waals surface area (Å²) in [6, 6.07) is 16.1. The number of nitrogens with one attached hydrogen (secondary N) is 2. The Kier molecular flexibility index (Phi) is 6.96. The van der Waals surface area contributed by atoms with E-state index in [9.17, 15) is 14.0 Å². The molecule has 2 heterocycles. The molecule has 0 aliphatic carbocycles. The molecule has 4 rings (SSSR count). The maximum atomic E-state index is 13.1. The number of aromatic nitrogens is 2. The zero-order valence-corrected chi connectivity index (χ0v) is 17.8. The first-order valence-corrected chi connectivity index (χ1v) is 11.1. The number of thioether (sulfide) groups is 1. The standard InChI is InChI=1S/C23H21FN4O3S/c24-16-6-8-18(9-7-16)31-19-4-1-3-15(13-19)21-23(30)27-17(10-12-32-21)14-25-22(29)20-5-2-11-26-28-20/h1-9,11,13,17,21H,10,12,14H2,(H,25,29)(H,27,30)/t17-,21+/m0/s1. The second-order valence-corrected chi connectivity index (χ2v) is 8.41. The van der Waals surface area contributed by atoms with Gasteiger partial charge in [0.05, 0.1) is 0 Å². The Bertz CT molecular complexity index is 1080. The molecule has 2 aromatic carbocycles. The summed E-state index contributed by atoms with van der Waals surface area (Å²) >= 11 is 1.54. The maximum absolute atomic E-state index is 13.1. The van der Waals surface area contributed by atoms with Gasteiger partial charge in [-0.3, -0.25) is 9.59 Å². The molecule has 0 radical (unpaired) electrons. The molecule has 7 nitrogen and oxygen atoms in total. The van der Waals surface area contributed by atoms with Crippen LogP contribution in [0.4, 0.5) is 4.39 Å². The zero-order valence-electron chi connectivity index (χ0n) is 17.0. The van der Waals surface area contributed by atoms with Gasteiger partial charge in [-0.2, -0.15) is 5.10 Å². The van der Waals surface area contributed by atoms with Gasteiger partial charge in [0.15, 0.2) is 5.69 Å². The second kappa shape index (κ2) is 10.2. The third-order valence-corrected chi connectivity index (χ3v) is 6.15. The Balaban J connectivity index is 1.37. The minimum atomic E-state index is -0.396. The van der Waals surface area contributed by atoms with Crippen molar-refractivity contribution in [3.63, 3.8) is 0 Å². The van der Waals surface area contributed by atoms with Gasteiger partial charge >= 0.3 is 0 Å². The van der Waals surface area contributed by atoms with Crippen LogP contribution in [0.1, 0.15) is 27.7 Å². The first-order chi connectivity index (χ1) is 15.6. The minimum Gasteiger partial charge on any atom is -0.457 e. The van der Waals surface area contributed by atoms with E-state index >= 15 is 0 Å². The van der Waals surface area contributed by atoms with Crippen LogP contribution >= 0.6 is 11.8 Å². The lowest BCUT2D eigenvalue weighted by atomic mass is 10.1. The van der Waals surface area contributed by atoms with Crippen molar-refractivity contribution in [1.82, 2.24) is 20.8 Å². The van der Waals surface area contributed by atoms with Gasteiger partial charge in [-0.05, 0) is 66.3 Å². The van der Waals surface area contributed by atoms with Crippen molar-refractivity contribution in [2.24, 2.45) is 0 Å². The summed E-state index contributed by atoms with van der Waals surface area (Å²) in [5.41, 5.74) is 1.05. The normalized spacial score (nSPS) is 18.3. The van der Waals surface area contributed by atoms with E-state index in [1.807, 2.05) is 18.2 Å². The Labute approximate surface area is 188 Å². The van der Waals surface area contributed by atoms with Crippen LogP contribution in [0.2, 0.25) is 0 Å². The number of amides is 2. The van der Waals surface area contributed by atoms with E-state index in [4.69, 9.17) is 4.74 Å². The fourth-order valence-corrected chi connectivity index (χ4v) is 4.48. The first kappa shape index (κ1) is 21.8. The monoisotopic (exact) mass is 452 g/mol. The Morgan fingerprint density at radius 3 is 2.78 bits per heavy atom. The zero-order chi connectivity index (χ0) is 22.3. The molecule has 0 saturated carbocycles. The van der Waals surface area contributed by atoms with E-state index in [1.165, 1.54) is 18.3 Å². The predicted octanol–water partition coefficient (Wildman–Crippen LogP) is 3.50. The van der Waals surface area contributed by atoms with E-state index in [-0.39, 0.29) is 29.4 Å². The molecule has 0 unspecified atom stereocenters. The number of carbonyl (C=O) groups excluding carboxylic acids is 2. The number of nitrogens with zero attached hydrogens (tertiary/aromatic N) is 2. The summed E-state index contributed by atoms with van der Waals surface area (Å²) in [4.78, 5) is 25.1. The summed E-state index contributed by atoms with van der Waals surface area (Å²) in [5.74, 6) is 1.05. The molecule has 1 aliphatic rings. The summed E-state index contributed by atoms with van der Waals surface area (Å²) in [6.45, 7) is 0.308. The van der Waals surface area contributed by atoms with Crippen molar-refractivity contribution in [2.75, 3.05) is 12.3 Å². The van der Waals surface area contributed by atoms with Gasteiger partial charge in [-0.15, -0.1) is 16.9 Å². The van der Waals surface area contributed by atoms with E-state index in [0.29, 0.717) is 18.0 Å². The number of benzene rings is 2. The predicted molar refractivity (Wildman–Crippen MR) is 119 cm³/mol. The van der Waals surface area contributed by atoms with Crippen molar-refractivity contribution >= 4 is 23.6 Å². The fourth-order valence-electron chi connectivity index (χ4n) is 3.26. The van der Waals surface area contributed by atoms with Gasteiger partial charge in [0.1, 0.15) is 22.6 Å². The third kappa shape index (κ3) is 5.61. The van der Waals surface area contributed by atoms with Crippen LogP contribution in [0.15, 0.2) is 66.9 Å². The highest BCUT2D eigenvalue weighted by Gasteiger charge is 2.28. The van der Waals surface area contributed by atoms with Crippen molar-refractivity contribution in [3.05, 3.63) is 83.9 Å². The highest BCUT2D eigenvalue weighted by Crippen LogP contribution is 2.34. The Morgan fingerprint density at radius 1 is 1.16 bits per heavy atom. The van der Waals surface area contributed by atoms with Crippen molar-refractivity contribution in [2.45, 2.75) is 17.7 Å². The van der Waals surface area contributed by atoms with Gasteiger partial charge in [-0.25, -0.2) is 4.39 Å². The average Bonchev–Trinajstić information content (AvgIpc) is 3.00. The van der Waals surface area contributed by atoms with Crippen molar-refractivity contribution in [3.8, 4) is 11.5 Å².